The number of aliphatic hydroxyl groups excluding tert-OH is 1. The van der Waals surface area contributed by atoms with Crippen LogP contribution in [0.2, 0.25) is 0 Å². The van der Waals surface area contributed by atoms with Crippen LogP contribution in [-0.2, 0) is 15.3 Å². The lowest BCUT2D eigenvalue weighted by molar-refractivity contribution is 0.123. The van der Waals surface area contributed by atoms with Crippen molar-refractivity contribution in [3.05, 3.63) is 29.8 Å². The number of hydrogen-bond acceptors (Lipinski definition) is 4. The Morgan fingerprint density at radius 3 is 2.37 bits per heavy atom. The molecule has 0 saturated carbocycles. The van der Waals surface area contributed by atoms with Crippen LogP contribution in [-0.4, -0.2) is 38.2 Å². The van der Waals surface area contributed by atoms with E-state index in [0.717, 1.165) is 11.8 Å². The van der Waals surface area contributed by atoms with Gasteiger partial charge in [-0.25, -0.2) is 8.42 Å². The molecule has 0 spiro atoms. The molecule has 0 aliphatic rings. The minimum Gasteiger partial charge on any atom is -0.491 e. The maximum Gasteiger partial charge on any atom is 0.150 e. The molecule has 0 aliphatic heterocycles. The van der Waals surface area contributed by atoms with E-state index < -0.39 is 15.9 Å². The Labute approximate surface area is 115 Å². The van der Waals surface area contributed by atoms with Crippen LogP contribution in [0.25, 0.3) is 0 Å². The van der Waals surface area contributed by atoms with Gasteiger partial charge in [-0.15, -0.1) is 0 Å². The smallest absolute Gasteiger partial charge is 0.150 e. The molecule has 4 nitrogen and oxygen atoms in total. The van der Waals surface area contributed by atoms with Crippen LogP contribution in [0.4, 0.5) is 0 Å². The zero-order valence-electron chi connectivity index (χ0n) is 11.9. The van der Waals surface area contributed by atoms with Crippen molar-refractivity contribution in [3.8, 4) is 5.75 Å². The first-order chi connectivity index (χ1) is 8.59. The third-order valence-corrected chi connectivity index (χ3v) is 3.61. The van der Waals surface area contributed by atoms with Gasteiger partial charge in [0.25, 0.3) is 0 Å². The third-order valence-electron chi connectivity index (χ3n) is 2.62. The summed E-state index contributed by atoms with van der Waals surface area (Å²) in [5.41, 5.74) is 0.958. The fraction of sp³-hybridized carbons (Fsp3) is 0.571. The van der Waals surface area contributed by atoms with E-state index in [0.29, 0.717) is 5.75 Å². The first-order valence-corrected chi connectivity index (χ1v) is 8.24. The number of aliphatic hydroxyl groups is 1. The van der Waals surface area contributed by atoms with Gasteiger partial charge in [-0.1, -0.05) is 39.0 Å². The van der Waals surface area contributed by atoms with Crippen LogP contribution in [0.5, 0.6) is 5.75 Å². The first-order valence-electron chi connectivity index (χ1n) is 6.18. The molecule has 108 valence electrons. The SMILES string of the molecule is CC(C)(C)c1ccccc1OC[C@@H](O)CS(C)(=O)=O. The number of rotatable bonds is 5. The van der Waals surface area contributed by atoms with Crippen LogP contribution in [0.15, 0.2) is 24.3 Å². The fourth-order valence-electron chi connectivity index (χ4n) is 1.80. The largest absolute Gasteiger partial charge is 0.491 e. The Hall–Kier alpha value is -1.07. The van der Waals surface area contributed by atoms with Crippen molar-refractivity contribution in [2.24, 2.45) is 0 Å². The Kier molecular flexibility index (Phi) is 4.98. The molecule has 5 heteroatoms. The first kappa shape index (κ1) is 16.0. The van der Waals surface area contributed by atoms with Crippen LogP contribution >= 0.6 is 0 Å². The average Bonchev–Trinajstić information content (AvgIpc) is 2.23. The number of benzene rings is 1. The minimum atomic E-state index is -3.20. The monoisotopic (exact) mass is 286 g/mol. The van der Waals surface area contributed by atoms with Gasteiger partial charge in [0.05, 0.1) is 5.75 Å². The third kappa shape index (κ3) is 5.61. The van der Waals surface area contributed by atoms with E-state index in [1.54, 1.807) is 0 Å². The van der Waals surface area contributed by atoms with Gasteiger partial charge in [-0.2, -0.15) is 0 Å². The van der Waals surface area contributed by atoms with E-state index in [1.807, 2.05) is 24.3 Å². The normalized spacial score (nSPS) is 14.2. The van der Waals surface area contributed by atoms with E-state index in [9.17, 15) is 13.5 Å². The highest BCUT2D eigenvalue weighted by Crippen LogP contribution is 2.30. The van der Waals surface area contributed by atoms with Crippen molar-refractivity contribution in [2.45, 2.75) is 32.3 Å². The minimum absolute atomic E-state index is 0.0276. The van der Waals surface area contributed by atoms with Crippen LogP contribution in [0.1, 0.15) is 26.3 Å². The standard InChI is InChI=1S/C14H22O4S/c1-14(2,3)12-7-5-6-8-13(12)18-9-11(15)10-19(4,16)17/h5-8,11,15H,9-10H2,1-4H3/t11-/m1/s1. The lowest BCUT2D eigenvalue weighted by atomic mass is 9.86. The quantitative estimate of drug-likeness (QED) is 0.896. The molecule has 1 aromatic carbocycles. The van der Waals surface area contributed by atoms with Crippen molar-refractivity contribution in [3.63, 3.8) is 0 Å². The van der Waals surface area contributed by atoms with Gasteiger partial charge in [0.15, 0.2) is 0 Å². The van der Waals surface area contributed by atoms with Crippen molar-refractivity contribution >= 4 is 9.84 Å². The van der Waals surface area contributed by atoms with E-state index >= 15 is 0 Å². The van der Waals surface area contributed by atoms with Gasteiger partial charge in [-0.05, 0) is 17.0 Å². The molecule has 0 aromatic heterocycles. The summed E-state index contributed by atoms with van der Waals surface area (Å²) in [5, 5.41) is 9.64. The Morgan fingerprint density at radius 2 is 1.84 bits per heavy atom. The summed E-state index contributed by atoms with van der Waals surface area (Å²) < 4.78 is 27.7. The molecular formula is C14H22O4S. The summed E-state index contributed by atoms with van der Waals surface area (Å²) in [6.07, 6.45) is 0.0855. The van der Waals surface area contributed by atoms with E-state index in [1.165, 1.54) is 0 Å². The lowest BCUT2D eigenvalue weighted by Crippen LogP contribution is -2.27. The van der Waals surface area contributed by atoms with Crippen LogP contribution in [0.3, 0.4) is 0 Å². The molecule has 1 N–H and O–H groups in total. The van der Waals surface area contributed by atoms with Crippen molar-refractivity contribution in [1.82, 2.24) is 0 Å². The Balaban J connectivity index is 2.74. The average molecular weight is 286 g/mol. The second-order valence-electron chi connectivity index (χ2n) is 5.80. The molecule has 1 aromatic rings. The van der Waals surface area contributed by atoms with Crippen LogP contribution in [0, 0.1) is 0 Å². The topological polar surface area (TPSA) is 63.6 Å². The van der Waals surface area contributed by atoms with Gasteiger partial charge in [-0.3, -0.25) is 0 Å². The number of para-hydroxylation sites is 1. The molecule has 0 amide bonds. The molecule has 0 saturated heterocycles. The van der Waals surface area contributed by atoms with Crippen molar-refractivity contribution in [2.75, 3.05) is 18.6 Å². The predicted octanol–water partition coefficient (Wildman–Crippen LogP) is 1.77. The predicted molar refractivity (Wildman–Crippen MR) is 76.4 cm³/mol. The molecule has 19 heavy (non-hydrogen) atoms. The highest BCUT2D eigenvalue weighted by molar-refractivity contribution is 7.90. The highest BCUT2D eigenvalue weighted by atomic mass is 32.2. The summed E-state index contributed by atoms with van der Waals surface area (Å²) >= 11 is 0. The molecule has 0 unspecified atom stereocenters. The van der Waals surface area contributed by atoms with Gasteiger partial charge in [0.1, 0.15) is 28.3 Å². The van der Waals surface area contributed by atoms with E-state index in [4.69, 9.17) is 4.74 Å². The zero-order valence-corrected chi connectivity index (χ0v) is 12.7. The Bertz CT molecular complexity index is 514. The number of ether oxygens (including phenoxy) is 1. The van der Waals surface area contributed by atoms with Gasteiger partial charge >= 0.3 is 0 Å². The molecule has 0 fully saturated rings. The maximum absolute atomic E-state index is 11.1. The second-order valence-corrected chi connectivity index (χ2v) is 7.99. The number of sulfone groups is 1. The van der Waals surface area contributed by atoms with Gasteiger partial charge in [0, 0.05) is 6.26 Å². The van der Waals surface area contributed by atoms with Gasteiger partial charge < -0.3 is 9.84 Å². The summed E-state index contributed by atoms with van der Waals surface area (Å²) in [4.78, 5) is 0. The summed E-state index contributed by atoms with van der Waals surface area (Å²) in [6, 6.07) is 7.58. The fourth-order valence-corrected chi connectivity index (χ4v) is 2.59. The molecule has 1 atom stereocenters. The number of hydrogen-bond donors (Lipinski definition) is 1. The van der Waals surface area contributed by atoms with Crippen molar-refractivity contribution in [1.29, 1.82) is 0 Å². The van der Waals surface area contributed by atoms with E-state index in [2.05, 4.69) is 20.8 Å². The van der Waals surface area contributed by atoms with E-state index in [-0.39, 0.29) is 17.8 Å². The summed E-state index contributed by atoms with van der Waals surface area (Å²) in [5.74, 6) is 0.396. The molecule has 0 aliphatic carbocycles. The molecule has 0 radical (unpaired) electrons. The molecule has 0 heterocycles. The highest BCUT2D eigenvalue weighted by Gasteiger charge is 2.19. The summed E-state index contributed by atoms with van der Waals surface area (Å²) in [7, 11) is -3.20. The molecular weight excluding hydrogens is 264 g/mol. The molecule has 0 bridgehead atoms. The zero-order chi connectivity index (χ0) is 14.7. The van der Waals surface area contributed by atoms with Crippen molar-refractivity contribution < 1.29 is 18.3 Å². The van der Waals surface area contributed by atoms with Crippen LogP contribution < -0.4 is 4.74 Å². The Morgan fingerprint density at radius 1 is 1.26 bits per heavy atom. The summed E-state index contributed by atoms with van der Waals surface area (Å²) in [6.45, 7) is 6.19. The van der Waals surface area contributed by atoms with Gasteiger partial charge in [0.2, 0.25) is 0 Å². The molecule has 1 rings (SSSR count). The maximum atomic E-state index is 11.1. The second kappa shape index (κ2) is 5.92. The lowest BCUT2D eigenvalue weighted by Gasteiger charge is -2.23.